The predicted molar refractivity (Wildman–Crippen MR) is 106 cm³/mol. The largest absolute Gasteiger partial charge is 0.464 e. The van der Waals surface area contributed by atoms with E-state index in [0.29, 0.717) is 17.5 Å². The van der Waals surface area contributed by atoms with Gasteiger partial charge < -0.3 is 20.5 Å². The third kappa shape index (κ3) is 5.30. The summed E-state index contributed by atoms with van der Waals surface area (Å²) in [6, 6.07) is 7.67. The predicted octanol–water partition coefficient (Wildman–Crippen LogP) is 1.84. The van der Waals surface area contributed by atoms with E-state index < -0.39 is 17.9 Å². The number of rotatable bonds is 2. The average molecular weight is 399 g/mol. The maximum absolute atomic E-state index is 14.0. The summed E-state index contributed by atoms with van der Waals surface area (Å²) in [4.78, 5) is 27.8. The molecular formula is C21H22FN3O4. The van der Waals surface area contributed by atoms with Crippen LogP contribution in [0.3, 0.4) is 0 Å². The van der Waals surface area contributed by atoms with Crippen molar-refractivity contribution in [3.05, 3.63) is 47.4 Å². The fourth-order valence-corrected chi connectivity index (χ4v) is 2.73. The van der Waals surface area contributed by atoms with Crippen LogP contribution in [0.4, 0.5) is 10.1 Å². The Hall–Kier alpha value is -3.44. The smallest absolute Gasteiger partial charge is 0.358 e. The van der Waals surface area contributed by atoms with Crippen molar-refractivity contribution in [2.75, 3.05) is 26.4 Å². The number of hydrogen-bond donors (Lipinski definition) is 2. The molecule has 0 aliphatic carbocycles. The standard InChI is InChI=1S/C15H11FN2O2.C6H11NO2/c1-3-9-5-4-6-10(7-9)13-11(16)8-12(17)14(18-13)15(19)20-2;1-7-4-2-3-5(8)6(7)9/h1,4-8H,17H2,2H3;5,8H,2-4H2,1H3. The summed E-state index contributed by atoms with van der Waals surface area (Å²) in [6.45, 7) is 0.788. The quantitative estimate of drug-likeness (QED) is 0.590. The zero-order valence-corrected chi connectivity index (χ0v) is 16.2. The average Bonchev–Trinajstić information content (AvgIpc) is 2.72. The van der Waals surface area contributed by atoms with Crippen LogP contribution in [0.2, 0.25) is 0 Å². The first-order valence-corrected chi connectivity index (χ1v) is 8.83. The number of pyridine rings is 1. The second-order valence-electron chi connectivity index (χ2n) is 6.39. The van der Waals surface area contributed by atoms with Gasteiger partial charge in [0.15, 0.2) is 11.5 Å². The minimum atomic E-state index is -0.733. The van der Waals surface area contributed by atoms with Gasteiger partial charge >= 0.3 is 5.97 Å². The van der Waals surface area contributed by atoms with Crippen molar-refractivity contribution < 1.29 is 23.8 Å². The highest BCUT2D eigenvalue weighted by Crippen LogP contribution is 2.25. The van der Waals surface area contributed by atoms with Crippen LogP contribution >= 0.6 is 0 Å². The van der Waals surface area contributed by atoms with Crippen LogP contribution in [-0.2, 0) is 9.53 Å². The molecule has 29 heavy (non-hydrogen) atoms. The van der Waals surface area contributed by atoms with E-state index in [1.54, 1.807) is 36.2 Å². The van der Waals surface area contributed by atoms with Gasteiger partial charge in [0.2, 0.25) is 0 Å². The van der Waals surface area contributed by atoms with E-state index in [9.17, 15) is 14.0 Å². The number of nitrogens with two attached hydrogens (primary N) is 1. The number of ether oxygens (including phenoxy) is 1. The molecule has 3 N–H and O–H groups in total. The van der Waals surface area contributed by atoms with Crippen molar-refractivity contribution in [1.82, 2.24) is 9.88 Å². The van der Waals surface area contributed by atoms with Crippen molar-refractivity contribution in [1.29, 1.82) is 0 Å². The molecule has 1 aliphatic heterocycles. The van der Waals surface area contributed by atoms with Crippen molar-refractivity contribution in [3.8, 4) is 23.6 Å². The number of likely N-dealkylation sites (tertiary alicyclic amines) is 1. The molecule has 1 fully saturated rings. The van der Waals surface area contributed by atoms with Crippen LogP contribution in [-0.4, -0.2) is 53.7 Å². The number of carbonyl (C=O) groups excluding carboxylic acids is 2. The highest BCUT2D eigenvalue weighted by atomic mass is 19.1. The number of esters is 1. The number of hydrogen-bond acceptors (Lipinski definition) is 6. The lowest BCUT2D eigenvalue weighted by Crippen LogP contribution is -2.41. The minimum Gasteiger partial charge on any atom is -0.464 e. The monoisotopic (exact) mass is 399 g/mol. The van der Waals surface area contributed by atoms with Gasteiger partial charge in [-0.05, 0) is 25.0 Å². The number of terminal acetylenes is 1. The second kappa shape index (κ2) is 9.66. The van der Waals surface area contributed by atoms with Gasteiger partial charge in [0.25, 0.3) is 5.91 Å². The molecule has 1 aromatic heterocycles. The van der Waals surface area contributed by atoms with E-state index in [1.807, 2.05) is 0 Å². The highest BCUT2D eigenvalue weighted by Gasteiger charge is 2.23. The number of likely N-dealkylation sites (N-methyl/N-ethyl adjacent to an activating group) is 1. The van der Waals surface area contributed by atoms with E-state index in [0.717, 1.165) is 19.0 Å². The topological polar surface area (TPSA) is 106 Å². The summed E-state index contributed by atoms with van der Waals surface area (Å²) < 4.78 is 18.5. The molecule has 2 aromatic rings. The zero-order chi connectivity index (χ0) is 21.6. The molecule has 0 saturated carbocycles. The first-order chi connectivity index (χ1) is 13.8. The lowest BCUT2D eigenvalue weighted by molar-refractivity contribution is -0.142. The molecular weight excluding hydrogens is 377 g/mol. The first-order valence-electron chi connectivity index (χ1n) is 8.83. The maximum Gasteiger partial charge on any atom is 0.358 e. The van der Waals surface area contributed by atoms with Gasteiger partial charge in [0, 0.05) is 30.8 Å². The molecule has 1 saturated heterocycles. The van der Waals surface area contributed by atoms with Crippen LogP contribution in [0.25, 0.3) is 11.3 Å². The van der Waals surface area contributed by atoms with E-state index in [4.69, 9.17) is 17.3 Å². The number of carbonyl (C=O) groups is 2. The number of benzene rings is 1. The molecule has 8 heteroatoms. The van der Waals surface area contributed by atoms with Crippen LogP contribution in [0.5, 0.6) is 0 Å². The van der Waals surface area contributed by atoms with Gasteiger partial charge in [0.05, 0.1) is 12.8 Å². The fourth-order valence-electron chi connectivity index (χ4n) is 2.73. The lowest BCUT2D eigenvalue weighted by atomic mass is 10.1. The third-order valence-electron chi connectivity index (χ3n) is 4.32. The number of aliphatic hydroxyl groups excluding tert-OH is 1. The zero-order valence-electron chi connectivity index (χ0n) is 16.2. The van der Waals surface area contributed by atoms with E-state index in [-0.39, 0.29) is 23.0 Å². The number of nitrogens with zero attached hydrogens (tertiary/aromatic N) is 2. The van der Waals surface area contributed by atoms with Gasteiger partial charge in [-0.15, -0.1) is 6.42 Å². The molecule has 0 radical (unpaired) electrons. The van der Waals surface area contributed by atoms with Crippen molar-refractivity contribution in [2.24, 2.45) is 0 Å². The molecule has 0 spiro atoms. The number of aliphatic hydroxyl groups is 1. The normalized spacial score (nSPS) is 15.8. The molecule has 3 rings (SSSR count). The Kier molecular flexibility index (Phi) is 7.28. The molecule has 0 bridgehead atoms. The van der Waals surface area contributed by atoms with E-state index in [1.165, 1.54) is 7.11 Å². The minimum absolute atomic E-state index is 0.00306. The molecule has 152 valence electrons. The van der Waals surface area contributed by atoms with Crippen LogP contribution in [0.1, 0.15) is 28.9 Å². The van der Waals surface area contributed by atoms with E-state index in [2.05, 4.69) is 15.6 Å². The SMILES string of the molecule is C#Cc1cccc(-c2nc(C(=O)OC)c(N)cc2F)c1.CN1CCCC(O)C1=O. The highest BCUT2D eigenvalue weighted by molar-refractivity contribution is 5.93. The summed E-state index contributed by atoms with van der Waals surface area (Å²) in [5, 5.41) is 8.96. The number of amides is 1. The number of halogens is 1. The van der Waals surface area contributed by atoms with Gasteiger partial charge in [-0.25, -0.2) is 14.2 Å². The second-order valence-corrected chi connectivity index (χ2v) is 6.39. The number of piperidine rings is 1. The maximum atomic E-state index is 14.0. The molecule has 7 nitrogen and oxygen atoms in total. The Bertz CT molecular complexity index is 943. The Morgan fingerprint density at radius 3 is 2.76 bits per heavy atom. The number of methoxy groups -OCH3 is 1. The summed E-state index contributed by atoms with van der Waals surface area (Å²) in [7, 11) is 2.91. The molecule has 1 amide bonds. The summed E-state index contributed by atoms with van der Waals surface area (Å²) in [6.07, 6.45) is 6.12. The van der Waals surface area contributed by atoms with Crippen LogP contribution < -0.4 is 5.73 Å². The number of anilines is 1. The van der Waals surface area contributed by atoms with Crippen LogP contribution in [0, 0.1) is 18.2 Å². The summed E-state index contributed by atoms with van der Waals surface area (Å²) in [5.41, 5.74) is 6.40. The number of aromatic nitrogens is 1. The van der Waals surface area contributed by atoms with Crippen molar-refractivity contribution in [2.45, 2.75) is 18.9 Å². The van der Waals surface area contributed by atoms with Gasteiger partial charge in [-0.3, -0.25) is 4.79 Å². The molecule has 1 aromatic carbocycles. The molecule has 1 atom stereocenters. The third-order valence-corrected chi connectivity index (χ3v) is 4.32. The Balaban J connectivity index is 0.000000278. The van der Waals surface area contributed by atoms with Crippen molar-refractivity contribution in [3.63, 3.8) is 0 Å². The van der Waals surface area contributed by atoms with Crippen molar-refractivity contribution >= 4 is 17.6 Å². The van der Waals surface area contributed by atoms with Crippen LogP contribution in [0.15, 0.2) is 30.3 Å². The Labute approximate surface area is 168 Å². The fraction of sp³-hybridized carbons (Fsp3) is 0.286. The van der Waals surface area contributed by atoms with Gasteiger partial charge in [0.1, 0.15) is 11.8 Å². The molecule has 1 aliphatic rings. The van der Waals surface area contributed by atoms with E-state index >= 15 is 0 Å². The Morgan fingerprint density at radius 2 is 2.17 bits per heavy atom. The number of nitrogen functional groups attached to an aromatic ring is 1. The Morgan fingerprint density at radius 1 is 1.45 bits per heavy atom. The summed E-state index contributed by atoms with van der Waals surface area (Å²) in [5.74, 6) is 0.952. The van der Waals surface area contributed by atoms with Gasteiger partial charge in [-0.2, -0.15) is 0 Å². The molecule has 2 heterocycles. The summed E-state index contributed by atoms with van der Waals surface area (Å²) >= 11 is 0. The first kappa shape index (κ1) is 21.9. The lowest BCUT2D eigenvalue weighted by Gasteiger charge is -2.25. The van der Waals surface area contributed by atoms with Gasteiger partial charge in [-0.1, -0.05) is 18.1 Å². The molecule has 1 unspecified atom stereocenters.